The predicted octanol–water partition coefficient (Wildman–Crippen LogP) is 2.32. The molecule has 1 rings (SSSR count). The van der Waals surface area contributed by atoms with E-state index < -0.39 is 11.9 Å². The van der Waals surface area contributed by atoms with Crippen molar-refractivity contribution in [3.8, 4) is 0 Å². The van der Waals surface area contributed by atoms with Gasteiger partial charge in [0.05, 0.1) is 22.7 Å². The quantitative estimate of drug-likeness (QED) is 0.758. The van der Waals surface area contributed by atoms with Crippen molar-refractivity contribution in [1.29, 1.82) is 0 Å². The minimum atomic E-state index is -4.16. The van der Waals surface area contributed by atoms with E-state index in [0.717, 1.165) is 0 Å². The molecule has 0 amide bonds. The summed E-state index contributed by atoms with van der Waals surface area (Å²) in [4.78, 5) is 3.72. The molecule has 2 nitrogen and oxygen atoms in total. The highest BCUT2D eigenvalue weighted by molar-refractivity contribution is 7.99. The second kappa shape index (κ2) is 3.87. The topological polar surface area (TPSA) is 38.9 Å². The largest absolute Gasteiger partial charge is 0.398 e. The second-order valence-electron chi connectivity index (χ2n) is 2.33. The van der Waals surface area contributed by atoms with Crippen molar-refractivity contribution in [3.63, 3.8) is 0 Å². The summed E-state index contributed by atoms with van der Waals surface area (Å²) < 4.78 is 35.2. The number of pyridine rings is 1. The molecule has 0 atom stereocenters. The van der Waals surface area contributed by atoms with Gasteiger partial charge in [-0.25, -0.2) is 4.98 Å². The molecular formula is C7H7F3N2S. The Hall–Kier alpha value is -0.910. The van der Waals surface area contributed by atoms with Crippen LogP contribution in [0.3, 0.4) is 0 Å². The molecule has 72 valence electrons. The number of nitrogens with zero attached hydrogens (tertiary/aromatic N) is 1. The lowest BCUT2D eigenvalue weighted by molar-refractivity contribution is -0.105. The van der Waals surface area contributed by atoms with Gasteiger partial charge in [-0.2, -0.15) is 13.2 Å². The molecule has 1 aromatic heterocycles. The first-order valence-corrected chi connectivity index (χ1v) is 4.37. The van der Waals surface area contributed by atoms with Gasteiger partial charge < -0.3 is 5.73 Å². The van der Waals surface area contributed by atoms with Crippen LogP contribution >= 0.6 is 11.8 Å². The van der Waals surface area contributed by atoms with Gasteiger partial charge in [0.2, 0.25) is 0 Å². The number of halogens is 3. The maximum Gasteiger partial charge on any atom is 0.398 e. The Kier molecular flexibility index (Phi) is 3.02. The number of aromatic nitrogens is 1. The third kappa shape index (κ3) is 4.02. The first-order chi connectivity index (χ1) is 5.97. The predicted molar refractivity (Wildman–Crippen MR) is 45.4 cm³/mol. The number of nitrogen functional groups attached to an aromatic ring is 1. The van der Waals surface area contributed by atoms with E-state index in [2.05, 4.69) is 4.98 Å². The highest BCUT2D eigenvalue weighted by Gasteiger charge is 2.27. The van der Waals surface area contributed by atoms with Crippen LogP contribution in [0.5, 0.6) is 0 Å². The van der Waals surface area contributed by atoms with Gasteiger partial charge in [0, 0.05) is 0 Å². The molecule has 6 heteroatoms. The molecule has 0 saturated heterocycles. The molecular weight excluding hydrogens is 201 g/mol. The standard InChI is InChI=1S/C7H7F3N2S/c8-7(9,10)4-13-6-2-1-5(11)3-12-6/h1-3H,4,11H2. The van der Waals surface area contributed by atoms with Crippen LogP contribution in [0, 0.1) is 0 Å². The lowest BCUT2D eigenvalue weighted by Crippen LogP contribution is -2.10. The zero-order chi connectivity index (χ0) is 9.90. The van der Waals surface area contributed by atoms with Crippen LogP contribution in [0.2, 0.25) is 0 Å². The van der Waals surface area contributed by atoms with E-state index in [1.807, 2.05) is 0 Å². The first-order valence-electron chi connectivity index (χ1n) is 3.38. The molecule has 1 aromatic rings. The zero-order valence-electron chi connectivity index (χ0n) is 6.51. The van der Waals surface area contributed by atoms with Crippen LogP contribution in [-0.2, 0) is 0 Å². The molecule has 0 aliphatic carbocycles. The van der Waals surface area contributed by atoms with Crippen LogP contribution < -0.4 is 5.73 Å². The highest BCUT2D eigenvalue weighted by Crippen LogP contribution is 2.25. The van der Waals surface area contributed by atoms with Crippen molar-refractivity contribution in [2.75, 3.05) is 11.5 Å². The van der Waals surface area contributed by atoms with E-state index >= 15 is 0 Å². The van der Waals surface area contributed by atoms with Crippen molar-refractivity contribution in [2.24, 2.45) is 0 Å². The van der Waals surface area contributed by atoms with E-state index in [0.29, 0.717) is 22.5 Å². The molecule has 1 heterocycles. The van der Waals surface area contributed by atoms with Crippen LogP contribution in [0.15, 0.2) is 23.4 Å². The highest BCUT2D eigenvalue weighted by atomic mass is 32.2. The first kappa shape index (κ1) is 10.2. The number of hydrogen-bond acceptors (Lipinski definition) is 3. The summed E-state index contributed by atoms with van der Waals surface area (Å²) >= 11 is 0.644. The summed E-state index contributed by atoms with van der Waals surface area (Å²) in [5, 5.41) is 0.325. The lowest BCUT2D eigenvalue weighted by Gasteiger charge is -2.04. The molecule has 0 aromatic carbocycles. The molecule has 0 saturated carbocycles. The zero-order valence-corrected chi connectivity index (χ0v) is 7.32. The molecule has 0 radical (unpaired) electrons. The van der Waals surface area contributed by atoms with Crippen molar-refractivity contribution in [3.05, 3.63) is 18.3 Å². The summed E-state index contributed by atoms with van der Waals surface area (Å²) in [7, 11) is 0. The van der Waals surface area contributed by atoms with Gasteiger partial charge in [0.1, 0.15) is 0 Å². The molecule has 0 spiro atoms. The second-order valence-corrected chi connectivity index (χ2v) is 3.33. The van der Waals surface area contributed by atoms with E-state index in [4.69, 9.17) is 5.73 Å². The lowest BCUT2D eigenvalue weighted by atomic mass is 10.4. The summed E-state index contributed by atoms with van der Waals surface area (Å²) in [6, 6.07) is 2.98. The van der Waals surface area contributed by atoms with Crippen LogP contribution in [0.1, 0.15) is 0 Å². The Bertz CT molecular complexity index is 270. The fourth-order valence-electron chi connectivity index (χ4n) is 0.633. The van der Waals surface area contributed by atoms with Crippen molar-refractivity contribution < 1.29 is 13.2 Å². The third-order valence-corrected chi connectivity index (χ3v) is 2.15. The van der Waals surface area contributed by atoms with Gasteiger partial charge in [-0.1, -0.05) is 11.8 Å². The number of nitrogens with two attached hydrogens (primary N) is 1. The van der Waals surface area contributed by atoms with Gasteiger partial charge in [-0.3, -0.25) is 0 Å². The molecule has 0 unspecified atom stereocenters. The normalized spacial score (nSPS) is 11.6. The average Bonchev–Trinajstić information content (AvgIpc) is 2.02. The van der Waals surface area contributed by atoms with Crippen molar-refractivity contribution in [1.82, 2.24) is 4.98 Å². The van der Waals surface area contributed by atoms with Crippen molar-refractivity contribution in [2.45, 2.75) is 11.2 Å². The summed E-state index contributed by atoms with van der Waals surface area (Å²) in [6.07, 6.45) is -2.83. The van der Waals surface area contributed by atoms with Gasteiger partial charge >= 0.3 is 6.18 Å². The Morgan fingerprint density at radius 1 is 1.38 bits per heavy atom. The average molecular weight is 208 g/mol. The van der Waals surface area contributed by atoms with Gasteiger partial charge in [-0.05, 0) is 12.1 Å². The number of anilines is 1. The van der Waals surface area contributed by atoms with Crippen molar-refractivity contribution >= 4 is 17.4 Å². The van der Waals surface area contributed by atoms with E-state index in [-0.39, 0.29) is 0 Å². The molecule has 0 bridgehead atoms. The Labute approximate surface area is 77.3 Å². The maximum absolute atomic E-state index is 11.7. The Morgan fingerprint density at radius 2 is 2.08 bits per heavy atom. The SMILES string of the molecule is Nc1ccc(SCC(F)(F)F)nc1. The third-order valence-electron chi connectivity index (χ3n) is 1.14. The van der Waals surface area contributed by atoms with Gasteiger partial charge in [0.15, 0.2) is 0 Å². The summed E-state index contributed by atoms with van der Waals surface area (Å²) in [5.41, 5.74) is 5.76. The molecule has 2 N–H and O–H groups in total. The fraction of sp³-hybridized carbons (Fsp3) is 0.286. The summed E-state index contributed by atoms with van der Waals surface area (Å²) in [6.45, 7) is 0. The van der Waals surface area contributed by atoms with E-state index in [1.54, 1.807) is 0 Å². The van der Waals surface area contributed by atoms with Crippen LogP contribution in [0.4, 0.5) is 18.9 Å². The monoisotopic (exact) mass is 208 g/mol. The molecule has 0 fully saturated rings. The van der Waals surface area contributed by atoms with Gasteiger partial charge in [-0.15, -0.1) is 0 Å². The fourth-order valence-corrected chi connectivity index (χ4v) is 1.24. The number of alkyl halides is 3. The number of thioether (sulfide) groups is 1. The molecule has 0 aliphatic heterocycles. The number of hydrogen-bond donors (Lipinski definition) is 1. The Balaban J connectivity index is 2.51. The van der Waals surface area contributed by atoms with E-state index in [1.165, 1.54) is 18.3 Å². The smallest absolute Gasteiger partial charge is 0.397 e. The van der Waals surface area contributed by atoms with E-state index in [9.17, 15) is 13.2 Å². The van der Waals surface area contributed by atoms with Crippen LogP contribution in [0.25, 0.3) is 0 Å². The summed E-state index contributed by atoms with van der Waals surface area (Å²) in [5.74, 6) is -0.927. The number of rotatable bonds is 2. The minimum Gasteiger partial charge on any atom is -0.397 e. The Morgan fingerprint density at radius 3 is 2.54 bits per heavy atom. The molecule has 13 heavy (non-hydrogen) atoms. The maximum atomic E-state index is 11.7. The van der Waals surface area contributed by atoms with Gasteiger partial charge in [0.25, 0.3) is 0 Å². The molecule has 0 aliphatic rings. The minimum absolute atomic E-state index is 0.325. The van der Waals surface area contributed by atoms with Crippen LogP contribution in [-0.4, -0.2) is 16.9 Å².